The lowest BCUT2D eigenvalue weighted by Crippen LogP contribution is -2.50. The second-order valence-electron chi connectivity index (χ2n) is 3.94. The Bertz CT molecular complexity index is 320. The van der Waals surface area contributed by atoms with Crippen LogP contribution < -0.4 is 5.32 Å². The van der Waals surface area contributed by atoms with E-state index in [2.05, 4.69) is 5.32 Å². The van der Waals surface area contributed by atoms with Gasteiger partial charge in [0.15, 0.2) is 0 Å². The SMILES string of the molecule is COCCNC(=O)C1CCCN1C(=O)C(F)(F)F. The highest BCUT2D eigenvalue weighted by Crippen LogP contribution is 2.25. The third kappa shape index (κ3) is 3.59. The number of carbonyl (C=O) groups is 2. The number of amides is 2. The van der Waals surface area contributed by atoms with E-state index in [1.165, 1.54) is 7.11 Å². The molecule has 1 aliphatic rings. The molecule has 18 heavy (non-hydrogen) atoms. The zero-order chi connectivity index (χ0) is 13.8. The van der Waals surface area contributed by atoms with Crippen molar-refractivity contribution < 1.29 is 27.5 Å². The Morgan fingerprint density at radius 2 is 2.11 bits per heavy atom. The smallest absolute Gasteiger partial charge is 0.383 e. The third-order valence-corrected chi connectivity index (χ3v) is 2.66. The molecule has 0 aliphatic carbocycles. The van der Waals surface area contributed by atoms with Gasteiger partial charge in [0.25, 0.3) is 0 Å². The summed E-state index contributed by atoms with van der Waals surface area (Å²) in [5, 5.41) is 2.44. The number of hydrogen-bond acceptors (Lipinski definition) is 3. The fourth-order valence-electron chi connectivity index (χ4n) is 1.84. The molecule has 0 aromatic carbocycles. The van der Waals surface area contributed by atoms with Crippen molar-refractivity contribution >= 4 is 11.8 Å². The Morgan fingerprint density at radius 3 is 2.67 bits per heavy atom. The molecule has 0 aromatic rings. The van der Waals surface area contributed by atoms with Crippen LogP contribution in [0.2, 0.25) is 0 Å². The fourth-order valence-corrected chi connectivity index (χ4v) is 1.84. The highest BCUT2D eigenvalue weighted by molar-refractivity contribution is 5.90. The van der Waals surface area contributed by atoms with Gasteiger partial charge in [0.05, 0.1) is 6.61 Å². The molecule has 0 bridgehead atoms. The molecule has 2 amide bonds. The van der Waals surface area contributed by atoms with Gasteiger partial charge < -0.3 is 15.0 Å². The van der Waals surface area contributed by atoms with Crippen LogP contribution in [0.3, 0.4) is 0 Å². The fraction of sp³-hybridized carbons (Fsp3) is 0.800. The van der Waals surface area contributed by atoms with Crippen LogP contribution in [0.15, 0.2) is 0 Å². The van der Waals surface area contributed by atoms with Crippen LogP contribution in [0.4, 0.5) is 13.2 Å². The van der Waals surface area contributed by atoms with E-state index < -0.39 is 24.0 Å². The maximum atomic E-state index is 12.3. The Balaban J connectivity index is 2.59. The molecular weight excluding hydrogens is 253 g/mol. The molecule has 1 atom stereocenters. The predicted molar refractivity (Wildman–Crippen MR) is 55.7 cm³/mol. The first-order valence-electron chi connectivity index (χ1n) is 5.52. The predicted octanol–water partition coefficient (Wildman–Crippen LogP) is 0.302. The summed E-state index contributed by atoms with van der Waals surface area (Å²) in [7, 11) is 1.45. The third-order valence-electron chi connectivity index (χ3n) is 2.66. The summed E-state index contributed by atoms with van der Waals surface area (Å²) >= 11 is 0. The number of alkyl halides is 3. The van der Waals surface area contributed by atoms with Gasteiger partial charge in [-0.2, -0.15) is 13.2 Å². The molecule has 1 heterocycles. The molecule has 8 heteroatoms. The van der Waals surface area contributed by atoms with Gasteiger partial charge in [0.1, 0.15) is 6.04 Å². The minimum absolute atomic E-state index is 0.0410. The molecule has 0 spiro atoms. The van der Waals surface area contributed by atoms with E-state index in [1.54, 1.807) is 0 Å². The van der Waals surface area contributed by atoms with Crippen LogP contribution in [0.5, 0.6) is 0 Å². The first-order valence-corrected chi connectivity index (χ1v) is 5.52. The van der Waals surface area contributed by atoms with Crippen LogP contribution in [-0.4, -0.2) is 55.7 Å². The van der Waals surface area contributed by atoms with E-state index in [0.717, 1.165) is 0 Å². The number of carbonyl (C=O) groups excluding carboxylic acids is 2. The largest absolute Gasteiger partial charge is 0.471 e. The number of methoxy groups -OCH3 is 1. The van der Waals surface area contributed by atoms with Crippen LogP contribution in [0, 0.1) is 0 Å². The minimum atomic E-state index is -4.94. The van der Waals surface area contributed by atoms with Gasteiger partial charge in [-0.15, -0.1) is 0 Å². The van der Waals surface area contributed by atoms with Gasteiger partial charge in [-0.05, 0) is 12.8 Å². The van der Waals surface area contributed by atoms with Crippen LogP contribution >= 0.6 is 0 Å². The number of nitrogens with one attached hydrogen (secondary N) is 1. The second kappa shape index (κ2) is 6.03. The summed E-state index contributed by atoms with van der Waals surface area (Å²) in [6, 6.07) is -1.03. The molecule has 1 unspecified atom stereocenters. The van der Waals surface area contributed by atoms with E-state index in [9.17, 15) is 22.8 Å². The topological polar surface area (TPSA) is 58.6 Å². The minimum Gasteiger partial charge on any atom is -0.383 e. The van der Waals surface area contributed by atoms with Crippen molar-refractivity contribution in [3.8, 4) is 0 Å². The van der Waals surface area contributed by atoms with Gasteiger partial charge in [-0.3, -0.25) is 9.59 Å². The Hall–Kier alpha value is -1.31. The number of likely N-dealkylation sites (tertiary alicyclic amines) is 1. The van der Waals surface area contributed by atoms with Gasteiger partial charge in [0, 0.05) is 20.2 Å². The molecule has 0 aromatic heterocycles. The van der Waals surface area contributed by atoms with Gasteiger partial charge in [0.2, 0.25) is 5.91 Å². The van der Waals surface area contributed by atoms with Crippen molar-refractivity contribution in [1.29, 1.82) is 0 Å². The molecule has 0 saturated carbocycles. The maximum absolute atomic E-state index is 12.3. The highest BCUT2D eigenvalue weighted by atomic mass is 19.4. The number of nitrogens with zero attached hydrogens (tertiary/aromatic N) is 1. The number of rotatable bonds is 4. The average Bonchev–Trinajstić information content (AvgIpc) is 2.75. The van der Waals surface area contributed by atoms with Crippen LogP contribution in [0.25, 0.3) is 0 Å². The molecule has 1 fully saturated rings. The highest BCUT2D eigenvalue weighted by Gasteiger charge is 2.47. The molecule has 0 radical (unpaired) electrons. The first-order chi connectivity index (χ1) is 8.38. The average molecular weight is 268 g/mol. The molecule has 104 valence electrons. The summed E-state index contributed by atoms with van der Waals surface area (Å²) in [4.78, 5) is 23.3. The Kier molecular flexibility index (Phi) is 4.94. The second-order valence-corrected chi connectivity index (χ2v) is 3.94. The van der Waals surface area contributed by atoms with E-state index in [-0.39, 0.29) is 26.1 Å². The quantitative estimate of drug-likeness (QED) is 0.746. The van der Waals surface area contributed by atoms with Crippen molar-refractivity contribution in [2.45, 2.75) is 25.1 Å². The summed E-state index contributed by atoms with van der Waals surface area (Å²) in [6.07, 6.45) is -4.29. The number of ether oxygens (including phenoxy) is 1. The summed E-state index contributed by atoms with van der Waals surface area (Å²) < 4.78 is 41.6. The summed E-state index contributed by atoms with van der Waals surface area (Å²) in [5.41, 5.74) is 0. The van der Waals surface area contributed by atoms with Crippen molar-refractivity contribution in [2.75, 3.05) is 26.8 Å². The monoisotopic (exact) mass is 268 g/mol. The van der Waals surface area contributed by atoms with E-state index in [4.69, 9.17) is 4.74 Å². The van der Waals surface area contributed by atoms with Crippen molar-refractivity contribution in [3.05, 3.63) is 0 Å². The lowest BCUT2D eigenvalue weighted by Gasteiger charge is -2.24. The van der Waals surface area contributed by atoms with Crippen molar-refractivity contribution in [1.82, 2.24) is 10.2 Å². The van der Waals surface area contributed by atoms with E-state index in [1.807, 2.05) is 0 Å². The standard InChI is InChI=1S/C10H15F3N2O3/c1-18-6-4-14-8(16)7-3-2-5-15(7)9(17)10(11,12)13/h7H,2-6H2,1H3,(H,14,16). The Morgan fingerprint density at radius 1 is 1.44 bits per heavy atom. The van der Waals surface area contributed by atoms with E-state index in [0.29, 0.717) is 11.3 Å². The summed E-state index contributed by atoms with van der Waals surface area (Å²) in [6.45, 7) is 0.437. The molecule has 1 rings (SSSR count). The zero-order valence-electron chi connectivity index (χ0n) is 9.92. The Labute approximate surface area is 102 Å². The van der Waals surface area contributed by atoms with Crippen molar-refractivity contribution in [3.63, 3.8) is 0 Å². The molecule has 1 aliphatic heterocycles. The lowest BCUT2D eigenvalue weighted by atomic mass is 10.2. The molecular formula is C10H15F3N2O3. The zero-order valence-corrected chi connectivity index (χ0v) is 9.92. The maximum Gasteiger partial charge on any atom is 0.471 e. The molecule has 1 N–H and O–H groups in total. The van der Waals surface area contributed by atoms with Gasteiger partial charge in [-0.25, -0.2) is 0 Å². The van der Waals surface area contributed by atoms with E-state index >= 15 is 0 Å². The van der Waals surface area contributed by atoms with Crippen LogP contribution in [0.1, 0.15) is 12.8 Å². The number of hydrogen-bond donors (Lipinski definition) is 1. The van der Waals surface area contributed by atoms with Crippen LogP contribution in [-0.2, 0) is 14.3 Å². The van der Waals surface area contributed by atoms with Gasteiger partial charge in [-0.1, -0.05) is 0 Å². The van der Waals surface area contributed by atoms with Gasteiger partial charge >= 0.3 is 12.1 Å². The number of halogens is 3. The first kappa shape index (κ1) is 14.7. The summed E-state index contributed by atoms with van der Waals surface area (Å²) in [5.74, 6) is -2.52. The normalized spacial score (nSPS) is 20.0. The van der Waals surface area contributed by atoms with Crippen molar-refractivity contribution in [2.24, 2.45) is 0 Å². The molecule has 5 nitrogen and oxygen atoms in total. The molecule has 1 saturated heterocycles. The lowest BCUT2D eigenvalue weighted by molar-refractivity contribution is -0.186.